The van der Waals surface area contributed by atoms with E-state index in [0.717, 1.165) is 0 Å². The minimum absolute atomic E-state index is 0.357. The Morgan fingerprint density at radius 3 is 2.57 bits per heavy atom. The molecule has 6 heteroatoms. The van der Waals surface area contributed by atoms with Crippen LogP contribution in [0, 0.1) is 17.2 Å². The monoisotopic (exact) mass is 210 g/mol. The van der Waals surface area contributed by atoms with Crippen LogP contribution >= 0.6 is 0 Å². The summed E-state index contributed by atoms with van der Waals surface area (Å²) in [5, 5.41) is 10.8. The second kappa shape index (κ2) is 6.62. The lowest BCUT2D eigenvalue weighted by atomic mass is 10.1. The predicted octanol–water partition coefficient (Wildman–Crippen LogP) is 1.31. The van der Waals surface area contributed by atoms with Crippen LogP contribution in [0.5, 0.6) is 0 Å². The molecule has 0 saturated carbocycles. The highest BCUT2D eigenvalue weighted by molar-refractivity contribution is 4.89. The van der Waals surface area contributed by atoms with Crippen molar-refractivity contribution in [2.45, 2.75) is 12.6 Å². The van der Waals surface area contributed by atoms with Crippen molar-refractivity contribution < 1.29 is 17.9 Å². The molecule has 0 heterocycles. The fourth-order valence-electron chi connectivity index (χ4n) is 0.822. The molecule has 0 aliphatic carbocycles. The highest BCUT2D eigenvalue weighted by Crippen LogP contribution is 2.24. The van der Waals surface area contributed by atoms with Crippen molar-refractivity contribution in [1.82, 2.24) is 5.32 Å². The molecule has 14 heavy (non-hydrogen) atoms. The lowest BCUT2D eigenvalue weighted by Gasteiger charge is -2.13. The van der Waals surface area contributed by atoms with Crippen LogP contribution in [0.15, 0.2) is 0 Å². The van der Waals surface area contributed by atoms with Gasteiger partial charge in [-0.15, -0.1) is 0 Å². The molecular formula is C8H13F3N2O. The maximum absolute atomic E-state index is 12.0. The van der Waals surface area contributed by atoms with E-state index in [2.05, 4.69) is 5.32 Å². The summed E-state index contributed by atoms with van der Waals surface area (Å²) >= 11 is 0. The van der Waals surface area contributed by atoms with Crippen molar-refractivity contribution >= 4 is 0 Å². The predicted molar refractivity (Wildman–Crippen MR) is 44.5 cm³/mol. The molecule has 82 valence electrons. The van der Waals surface area contributed by atoms with Crippen LogP contribution in [0.3, 0.4) is 0 Å². The lowest BCUT2D eigenvalue weighted by Crippen LogP contribution is -2.33. The van der Waals surface area contributed by atoms with E-state index < -0.39 is 12.1 Å². The van der Waals surface area contributed by atoms with Gasteiger partial charge in [-0.2, -0.15) is 18.4 Å². The SMILES string of the molecule is COCCCNCC(C#N)C(F)(F)F. The molecule has 0 aromatic carbocycles. The fourth-order valence-corrected chi connectivity index (χ4v) is 0.822. The van der Waals surface area contributed by atoms with Crippen LogP contribution in [-0.4, -0.2) is 33.0 Å². The standard InChI is InChI=1S/C8H13F3N2O/c1-14-4-2-3-13-6-7(5-12)8(9,10)11/h7,13H,2-4,6H2,1H3. The molecular weight excluding hydrogens is 197 g/mol. The molecule has 0 rings (SSSR count). The van der Waals surface area contributed by atoms with Crippen molar-refractivity contribution in [1.29, 1.82) is 5.26 Å². The Balaban J connectivity index is 3.61. The van der Waals surface area contributed by atoms with Crippen LogP contribution in [0.1, 0.15) is 6.42 Å². The first-order valence-corrected chi connectivity index (χ1v) is 4.18. The highest BCUT2D eigenvalue weighted by Gasteiger charge is 2.39. The van der Waals surface area contributed by atoms with Gasteiger partial charge in [-0.05, 0) is 13.0 Å². The van der Waals surface area contributed by atoms with Crippen molar-refractivity contribution in [3.8, 4) is 6.07 Å². The largest absolute Gasteiger partial charge is 0.405 e. The van der Waals surface area contributed by atoms with E-state index in [1.165, 1.54) is 13.2 Å². The van der Waals surface area contributed by atoms with Gasteiger partial charge in [-0.25, -0.2) is 0 Å². The zero-order valence-corrected chi connectivity index (χ0v) is 7.90. The number of ether oxygens (including phenoxy) is 1. The van der Waals surface area contributed by atoms with Gasteiger partial charge in [-0.1, -0.05) is 0 Å². The van der Waals surface area contributed by atoms with Crippen LogP contribution in [0.2, 0.25) is 0 Å². The Labute approximate surface area is 80.8 Å². The second-order valence-electron chi connectivity index (χ2n) is 2.77. The first-order valence-electron chi connectivity index (χ1n) is 4.18. The Bertz CT molecular complexity index is 188. The van der Waals surface area contributed by atoms with Gasteiger partial charge >= 0.3 is 6.18 Å². The zero-order valence-electron chi connectivity index (χ0n) is 7.90. The fraction of sp³-hybridized carbons (Fsp3) is 0.875. The maximum atomic E-state index is 12.0. The number of hydrogen-bond donors (Lipinski definition) is 1. The number of nitrogens with zero attached hydrogens (tertiary/aromatic N) is 1. The van der Waals surface area contributed by atoms with E-state index in [-0.39, 0.29) is 6.54 Å². The summed E-state index contributed by atoms with van der Waals surface area (Å²) in [6.07, 6.45) is -3.81. The van der Waals surface area contributed by atoms with Crippen LogP contribution in [0.25, 0.3) is 0 Å². The third-order valence-corrected chi connectivity index (χ3v) is 1.60. The van der Waals surface area contributed by atoms with E-state index in [0.29, 0.717) is 19.6 Å². The summed E-state index contributed by atoms with van der Waals surface area (Å²) in [4.78, 5) is 0. The number of nitrogens with one attached hydrogen (secondary N) is 1. The van der Waals surface area contributed by atoms with Gasteiger partial charge in [-0.3, -0.25) is 0 Å². The highest BCUT2D eigenvalue weighted by atomic mass is 19.4. The van der Waals surface area contributed by atoms with E-state index in [1.807, 2.05) is 0 Å². The first kappa shape index (κ1) is 13.2. The topological polar surface area (TPSA) is 45.0 Å². The second-order valence-corrected chi connectivity index (χ2v) is 2.77. The molecule has 1 N–H and O–H groups in total. The van der Waals surface area contributed by atoms with E-state index in [1.54, 1.807) is 0 Å². The summed E-state index contributed by atoms with van der Waals surface area (Å²) in [5.74, 6) is -1.93. The van der Waals surface area contributed by atoms with Crippen LogP contribution in [-0.2, 0) is 4.74 Å². The van der Waals surface area contributed by atoms with Crippen molar-refractivity contribution in [3.63, 3.8) is 0 Å². The lowest BCUT2D eigenvalue weighted by molar-refractivity contribution is -0.157. The summed E-state index contributed by atoms with van der Waals surface area (Å²) in [7, 11) is 1.52. The van der Waals surface area contributed by atoms with Gasteiger partial charge in [0.15, 0.2) is 5.92 Å². The zero-order chi connectivity index (χ0) is 11.0. The minimum atomic E-state index is -4.44. The van der Waals surface area contributed by atoms with E-state index in [4.69, 9.17) is 10.00 Å². The molecule has 0 bridgehead atoms. The summed E-state index contributed by atoms with van der Waals surface area (Å²) < 4.78 is 40.7. The molecule has 0 saturated heterocycles. The third kappa shape index (κ3) is 5.78. The normalized spacial score (nSPS) is 13.6. The smallest absolute Gasteiger partial charge is 0.385 e. The molecule has 1 atom stereocenters. The van der Waals surface area contributed by atoms with Gasteiger partial charge in [0.25, 0.3) is 0 Å². The number of alkyl halides is 3. The van der Waals surface area contributed by atoms with E-state index in [9.17, 15) is 13.2 Å². The van der Waals surface area contributed by atoms with Crippen molar-refractivity contribution in [2.75, 3.05) is 26.8 Å². The average molecular weight is 210 g/mol. The Morgan fingerprint density at radius 2 is 2.14 bits per heavy atom. The Morgan fingerprint density at radius 1 is 1.50 bits per heavy atom. The maximum Gasteiger partial charge on any atom is 0.405 e. The van der Waals surface area contributed by atoms with Gasteiger partial charge in [0, 0.05) is 20.3 Å². The first-order chi connectivity index (χ1) is 6.52. The van der Waals surface area contributed by atoms with Crippen LogP contribution in [0.4, 0.5) is 13.2 Å². The number of methoxy groups -OCH3 is 1. The third-order valence-electron chi connectivity index (χ3n) is 1.60. The molecule has 1 unspecified atom stereocenters. The van der Waals surface area contributed by atoms with Crippen molar-refractivity contribution in [2.24, 2.45) is 5.92 Å². The van der Waals surface area contributed by atoms with Gasteiger partial charge in [0.05, 0.1) is 6.07 Å². The number of hydrogen-bond acceptors (Lipinski definition) is 3. The van der Waals surface area contributed by atoms with Gasteiger partial charge < -0.3 is 10.1 Å². The molecule has 0 aliphatic heterocycles. The van der Waals surface area contributed by atoms with Gasteiger partial charge in [0.1, 0.15) is 0 Å². The molecule has 0 amide bonds. The van der Waals surface area contributed by atoms with E-state index >= 15 is 0 Å². The number of nitriles is 1. The minimum Gasteiger partial charge on any atom is -0.385 e. The van der Waals surface area contributed by atoms with Crippen molar-refractivity contribution in [3.05, 3.63) is 0 Å². The quantitative estimate of drug-likeness (QED) is 0.672. The van der Waals surface area contributed by atoms with Crippen LogP contribution < -0.4 is 5.32 Å². The molecule has 0 fully saturated rings. The Hall–Kier alpha value is -0.800. The molecule has 0 radical (unpaired) electrons. The average Bonchev–Trinajstić information content (AvgIpc) is 2.09. The molecule has 0 aromatic heterocycles. The molecule has 0 aromatic rings. The Kier molecular flexibility index (Phi) is 6.25. The molecule has 3 nitrogen and oxygen atoms in total. The summed E-state index contributed by atoms with van der Waals surface area (Å²) in [5.41, 5.74) is 0. The number of rotatable bonds is 6. The molecule has 0 aliphatic rings. The summed E-state index contributed by atoms with van der Waals surface area (Å²) in [6.45, 7) is 0.558. The summed E-state index contributed by atoms with van der Waals surface area (Å²) in [6, 6.07) is 1.21. The number of halogens is 3. The van der Waals surface area contributed by atoms with Gasteiger partial charge in [0.2, 0.25) is 0 Å². The molecule has 0 spiro atoms.